The molecule has 6 heteroatoms. The van der Waals surface area contributed by atoms with Gasteiger partial charge in [0.2, 0.25) is 5.91 Å². The number of nitrogens with two attached hydrogens (primary N) is 1. The van der Waals surface area contributed by atoms with Gasteiger partial charge >= 0.3 is 0 Å². The lowest BCUT2D eigenvalue weighted by Crippen LogP contribution is -2.37. The maximum Gasteiger partial charge on any atom is 0.224 e. The molecule has 0 saturated carbocycles. The van der Waals surface area contributed by atoms with E-state index in [-0.39, 0.29) is 5.91 Å². The van der Waals surface area contributed by atoms with Crippen molar-refractivity contribution in [2.24, 2.45) is 11.1 Å². The third-order valence-corrected chi connectivity index (χ3v) is 3.93. The van der Waals surface area contributed by atoms with Crippen LogP contribution in [0.2, 0.25) is 5.02 Å². The molecule has 0 spiro atoms. The van der Waals surface area contributed by atoms with Crippen molar-refractivity contribution < 1.29 is 4.79 Å². The second-order valence-corrected chi connectivity index (χ2v) is 6.20. The Balaban J connectivity index is 2.15. The molecule has 0 fully saturated rings. The molecule has 96 valence electrons. The fourth-order valence-corrected chi connectivity index (χ4v) is 2.37. The van der Waals surface area contributed by atoms with E-state index in [1.165, 1.54) is 11.3 Å². The zero-order valence-corrected chi connectivity index (χ0v) is 11.7. The van der Waals surface area contributed by atoms with E-state index < -0.39 is 5.41 Å². The number of hydrogen-bond acceptors (Lipinski definition) is 4. The van der Waals surface area contributed by atoms with Crippen molar-refractivity contribution in [2.75, 3.05) is 11.9 Å². The van der Waals surface area contributed by atoms with Gasteiger partial charge in [-0.25, -0.2) is 4.98 Å². The molecule has 1 aromatic heterocycles. The highest BCUT2D eigenvalue weighted by atomic mass is 35.5. The highest BCUT2D eigenvalue weighted by Crippen LogP contribution is 2.28. The fourth-order valence-electron chi connectivity index (χ4n) is 1.36. The number of hydrogen-bond donors (Lipinski definition) is 2. The number of aromatic nitrogens is 1. The average Bonchev–Trinajstić information content (AvgIpc) is 2.68. The van der Waals surface area contributed by atoms with Crippen molar-refractivity contribution in [3.8, 4) is 0 Å². The van der Waals surface area contributed by atoms with Gasteiger partial charge in [0.25, 0.3) is 0 Å². The van der Waals surface area contributed by atoms with E-state index in [1.54, 1.807) is 13.8 Å². The number of nitrogens with zero attached hydrogens (tertiary/aromatic N) is 1. The summed E-state index contributed by atoms with van der Waals surface area (Å²) in [5.74, 6) is -0.334. The van der Waals surface area contributed by atoms with Gasteiger partial charge in [0.1, 0.15) is 0 Å². The number of rotatable bonds is 4. The van der Waals surface area contributed by atoms with Crippen LogP contribution in [0.25, 0.3) is 10.2 Å². The fraction of sp³-hybridized carbons (Fsp3) is 0.333. The summed E-state index contributed by atoms with van der Waals surface area (Å²) in [5.41, 5.74) is 5.57. The molecular formula is C12H14ClN3OS. The van der Waals surface area contributed by atoms with Crippen molar-refractivity contribution in [1.82, 2.24) is 4.98 Å². The first kappa shape index (κ1) is 13.1. The molecule has 0 bridgehead atoms. The van der Waals surface area contributed by atoms with Crippen molar-refractivity contribution in [3.63, 3.8) is 0 Å². The first-order valence-electron chi connectivity index (χ1n) is 5.48. The summed E-state index contributed by atoms with van der Waals surface area (Å²) in [7, 11) is 0. The summed E-state index contributed by atoms with van der Waals surface area (Å²) >= 11 is 7.43. The van der Waals surface area contributed by atoms with Gasteiger partial charge in [0, 0.05) is 11.6 Å². The number of halogens is 1. The van der Waals surface area contributed by atoms with E-state index in [9.17, 15) is 4.79 Å². The van der Waals surface area contributed by atoms with Crippen LogP contribution >= 0.6 is 22.9 Å². The van der Waals surface area contributed by atoms with Gasteiger partial charge < -0.3 is 11.1 Å². The van der Waals surface area contributed by atoms with E-state index >= 15 is 0 Å². The minimum atomic E-state index is -0.602. The van der Waals surface area contributed by atoms with E-state index in [0.29, 0.717) is 11.6 Å². The molecule has 1 aromatic carbocycles. The van der Waals surface area contributed by atoms with Gasteiger partial charge in [0.15, 0.2) is 5.13 Å². The summed E-state index contributed by atoms with van der Waals surface area (Å²) in [6.07, 6.45) is 0. The van der Waals surface area contributed by atoms with E-state index in [0.717, 1.165) is 15.3 Å². The van der Waals surface area contributed by atoms with Gasteiger partial charge in [-0.1, -0.05) is 22.9 Å². The predicted molar refractivity (Wildman–Crippen MR) is 76.1 cm³/mol. The number of fused-ring (bicyclic) bond motifs is 1. The summed E-state index contributed by atoms with van der Waals surface area (Å²) in [6, 6.07) is 5.58. The lowest BCUT2D eigenvalue weighted by molar-refractivity contribution is -0.125. The summed E-state index contributed by atoms with van der Waals surface area (Å²) in [6.45, 7) is 4.05. The Bertz CT molecular complexity index is 594. The smallest absolute Gasteiger partial charge is 0.224 e. The van der Waals surface area contributed by atoms with Gasteiger partial charge in [-0.05, 0) is 32.0 Å². The van der Waals surface area contributed by atoms with Crippen LogP contribution in [0.5, 0.6) is 0 Å². The molecule has 0 aliphatic heterocycles. The molecule has 0 saturated heterocycles. The summed E-state index contributed by atoms with van der Waals surface area (Å²) < 4.78 is 1.05. The summed E-state index contributed by atoms with van der Waals surface area (Å²) in [5, 5.41) is 4.57. The number of nitrogens with one attached hydrogen (secondary N) is 1. The van der Waals surface area contributed by atoms with Gasteiger partial charge in [0.05, 0.1) is 15.6 Å². The molecule has 0 atom stereocenters. The molecule has 0 aliphatic rings. The van der Waals surface area contributed by atoms with Crippen molar-refractivity contribution in [1.29, 1.82) is 0 Å². The Labute approximate surface area is 114 Å². The monoisotopic (exact) mass is 283 g/mol. The molecule has 0 radical (unpaired) electrons. The van der Waals surface area contributed by atoms with Crippen LogP contribution < -0.4 is 11.1 Å². The van der Waals surface area contributed by atoms with E-state index in [4.69, 9.17) is 17.3 Å². The molecular weight excluding hydrogens is 270 g/mol. The van der Waals surface area contributed by atoms with Gasteiger partial charge in [-0.15, -0.1) is 0 Å². The molecule has 4 nitrogen and oxygen atoms in total. The predicted octanol–water partition coefficient (Wildman–Crippen LogP) is 2.87. The maximum absolute atomic E-state index is 11.2. The number of thiazole rings is 1. The molecule has 3 N–H and O–H groups in total. The van der Waals surface area contributed by atoms with Crippen molar-refractivity contribution in [3.05, 3.63) is 23.2 Å². The second kappa shape index (κ2) is 4.74. The minimum absolute atomic E-state index is 0.334. The van der Waals surface area contributed by atoms with Crippen LogP contribution in [0.4, 0.5) is 5.13 Å². The Morgan fingerprint density at radius 2 is 2.28 bits per heavy atom. The first-order valence-corrected chi connectivity index (χ1v) is 6.68. The molecule has 1 amide bonds. The highest BCUT2D eigenvalue weighted by Gasteiger charge is 2.24. The zero-order valence-electron chi connectivity index (χ0n) is 10.2. The molecule has 18 heavy (non-hydrogen) atoms. The molecule has 0 unspecified atom stereocenters. The first-order chi connectivity index (χ1) is 8.38. The quantitative estimate of drug-likeness (QED) is 0.906. The summed E-state index contributed by atoms with van der Waals surface area (Å²) in [4.78, 5) is 15.6. The number of amides is 1. The lowest BCUT2D eigenvalue weighted by Gasteiger charge is -2.20. The van der Waals surface area contributed by atoms with Crippen molar-refractivity contribution >= 4 is 44.2 Å². The number of carbonyl (C=O) groups excluding carboxylic acids is 1. The molecule has 2 aromatic rings. The van der Waals surface area contributed by atoms with Gasteiger partial charge in [-0.2, -0.15) is 0 Å². The largest absolute Gasteiger partial charge is 0.369 e. The average molecular weight is 284 g/mol. The Hall–Kier alpha value is -1.33. The number of benzene rings is 1. The van der Waals surface area contributed by atoms with Crippen LogP contribution in [0.15, 0.2) is 18.2 Å². The van der Waals surface area contributed by atoms with E-state index in [1.807, 2.05) is 18.2 Å². The Morgan fingerprint density at radius 3 is 2.94 bits per heavy atom. The molecule has 2 rings (SSSR count). The normalized spacial score (nSPS) is 11.7. The van der Waals surface area contributed by atoms with Crippen LogP contribution in [-0.4, -0.2) is 17.4 Å². The highest BCUT2D eigenvalue weighted by molar-refractivity contribution is 7.22. The standard InChI is InChI=1S/C12H14ClN3OS/c1-12(2,10(14)17)6-15-11-16-8-5-7(13)3-4-9(8)18-11/h3-5H,6H2,1-2H3,(H2,14,17)(H,15,16). The Kier molecular flexibility index (Phi) is 3.45. The van der Waals surface area contributed by atoms with Gasteiger partial charge in [-0.3, -0.25) is 4.79 Å². The van der Waals surface area contributed by atoms with Crippen molar-refractivity contribution in [2.45, 2.75) is 13.8 Å². The zero-order chi connectivity index (χ0) is 13.3. The number of anilines is 1. The third kappa shape index (κ3) is 2.73. The molecule has 1 heterocycles. The van der Waals surface area contributed by atoms with Crippen LogP contribution in [0.3, 0.4) is 0 Å². The minimum Gasteiger partial charge on any atom is -0.369 e. The number of carbonyl (C=O) groups is 1. The molecule has 0 aliphatic carbocycles. The third-order valence-electron chi connectivity index (χ3n) is 2.70. The second-order valence-electron chi connectivity index (χ2n) is 4.73. The van der Waals surface area contributed by atoms with Crippen LogP contribution in [0, 0.1) is 5.41 Å². The van der Waals surface area contributed by atoms with Crippen LogP contribution in [0.1, 0.15) is 13.8 Å². The Morgan fingerprint density at radius 1 is 1.56 bits per heavy atom. The lowest BCUT2D eigenvalue weighted by atomic mass is 9.93. The SMILES string of the molecule is CC(C)(CNc1nc2cc(Cl)ccc2s1)C(N)=O. The van der Waals surface area contributed by atoms with E-state index in [2.05, 4.69) is 10.3 Å². The topological polar surface area (TPSA) is 68.0 Å². The van der Waals surface area contributed by atoms with Crippen LogP contribution in [-0.2, 0) is 4.79 Å². The maximum atomic E-state index is 11.2. The number of primary amides is 1.